The minimum atomic E-state index is -3.93. The number of rotatable bonds is 15. The highest BCUT2D eigenvalue weighted by atomic mass is 32.2. The summed E-state index contributed by atoms with van der Waals surface area (Å²) in [7, 11) is -3.93. The van der Waals surface area contributed by atoms with Gasteiger partial charge in [-0.3, -0.25) is 14.3 Å². The van der Waals surface area contributed by atoms with Crippen LogP contribution < -0.4 is 14.8 Å². The standard InChI is InChI=1S/C35H38FN3O5S/c1-26(2)21-22-37-35(41)33(23-27-9-5-3-6-10-27)39(24-28-11-7-4-8-12-28)34(40)25-44-31-17-19-32(20-18-31)45(42,43)38-30-15-13-29(36)14-16-30/h3-20,26,33,38H,21-25H2,1-2H3,(H,37,41)/t33-/m1/s1. The molecule has 0 saturated heterocycles. The molecule has 1 atom stereocenters. The van der Waals surface area contributed by atoms with Crippen molar-refractivity contribution in [3.63, 3.8) is 0 Å². The van der Waals surface area contributed by atoms with Gasteiger partial charge in [-0.2, -0.15) is 0 Å². The average Bonchev–Trinajstić information content (AvgIpc) is 3.03. The molecule has 0 fully saturated rings. The Hall–Kier alpha value is -4.70. The third-order valence-electron chi connectivity index (χ3n) is 7.08. The summed E-state index contributed by atoms with van der Waals surface area (Å²) in [6.07, 6.45) is 1.13. The second-order valence-electron chi connectivity index (χ2n) is 11.1. The van der Waals surface area contributed by atoms with E-state index in [0.717, 1.165) is 29.7 Å². The topological polar surface area (TPSA) is 105 Å². The second kappa shape index (κ2) is 15.9. The molecule has 4 rings (SSSR count). The largest absolute Gasteiger partial charge is 0.484 e. The van der Waals surface area contributed by atoms with E-state index >= 15 is 0 Å². The van der Waals surface area contributed by atoms with Crippen molar-refractivity contribution < 1.29 is 27.1 Å². The summed E-state index contributed by atoms with van der Waals surface area (Å²) >= 11 is 0. The van der Waals surface area contributed by atoms with Gasteiger partial charge in [0.2, 0.25) is 5.91 Å². The fraction of sp³-hybridized carbons (Fsp3) is 0.257. The van der Waals surface area contributed by atoms with Gasteiger partial charge in [0, 0.05) is 25.2 Å². The molecule has 236 valence electrons. The molecule has 2 N–H and O–H groups in total. The zero-order valence-electron chi connectivity index (χ0n) is 25.4. The Balaban J connectivity index is 1.51. The highest BCUT2D eigenvalue weighted by Crippen LogP contribution is 2.21. The predicted octanol–water partition coefficient (Wildman–Crippen LogP) is 5.81. The molecule has 0 saturated carbocycles. The van der Waals surface area contributed by atoms with Gasteiger partial charge >= 0.3 is 0 Å². The highest BCUT2D eigenvalue weighted by Gasteiger charge is 2.30. The Morgan fingerprint density at radius 1 is 0.822 bits per heavy atom. The first-order valence-corrected chi connectivity index (χ1v) is 16.3. The molecule has 0 aliphatic rings. The Kier molecular flexibility index (Phi) is 11.7. The number of hydrogen-bond acceptors (Lipinski definition) is 5. The number of nitrogens with zero attached hydrogens (tertiary/aromatic N) is 1. The summed E-state index contributed by atoms with van der Waals surface area (Å²) in [6.45, 7) is 4.50. The van der Waals surface area contributed by atoms with Crippen LogP contribution in [0, 0.1) is 11.7 Å². The number of carbonyl (C=O) groups excluding carboxylic acids is 2. The number of halogens is 1. The fourth-order valence-electron chi connectivity index (χ4n) is 4.61. The molecule has 45 heavy (non-hydrogen) atoms. The molecular formula is C35H38FN3O5S. The van der Waals surface area contributed by atoms with Gasteiger partial charge in [0.05, 0.1) is 4.90 Å². The van der Waals surface area contributed by atoms with Crippen molar-refractivity contribution in [3.05, 3.63) is 126 Å². The number of sulfonamides is 1. The monoisotopic (exact) mass is 631 g/mol. The van der Waals surface area contributed by atoms with Crippen molar-refractivity contribution in [1.29, 1.82) is 0 Å². The first-order valence-electron chi connectivity index (χ1n) is 14.8. The van der Waals surface area contributed by atoms with Crippen LogP contribution >= 0.6 is 0 Å². The maximum absolute atomic E-state index is 13.8. The minimum absolute atomic E-state index is 0.0304. The molecule has 0 bridgehead atoms. The average molecular weight is 632 g/mol. The van der Waals surface area contributed by atoms with Crippen molar-refractivity contribution >= 4 is 27.5 Å². The predicted molar refractivity (Wildman–Crippen MR) is 173 cm³/mol. The van der Waals surface area contributed by atoms with Crippen molar-refractivity contribution in [2.24, 2.45) is 5.92 Å². The molecule has 2 amide bonds. The van der Waals surface area contributed by atoms with Gasteiger partial charge in [0.25, 0.3) is 15.9 Å². The lowest BCUT2D eigenvalue weighted by atomic mass is 10.0. The zero-order valence-corrected chi connectivity index (χ0v) is 26.2. The van der Waals surface area contributed by atoms with Gasteiger partial charge in [-0.05, 0) is 72.0 Å². The summed E-state index contributed by atoms with van der Waals surface area (Å²) in [6, 6.07) is 28.8. The van der Waals surface area contributed by atoms with Crippen LogP contribution in [-0.2, 0) is 32.6 Å². The van der Waals surface area contributed by atoms with Crippen LogP contribution in [0.15, 0.2) is 114 Å². The molecule has 0 radical (unpaired) electrons. The fourth-order valence-corrected chi connectivity index (χ4v) is 5.67. The third-order valence-corrected chi connectivity index (χ3v) is 8.48. The van der Waals surface area contributed by atoms with E-state index in [-0.39, 0.29) is 35.4 Å². The Morgan fingerprint density at radius 3 is 2.02 bits per heavy atom. The van der Waals surface area contributed by atoms with Crippen LogP contribution in [0.4, 0.5) is 10.1 Å². The molecule has 4 aromatic carbocycles. The summed E-state index contributed by atoms with van der Waals surface area (Å²) in [4.78, 5) is 28.9. The number of amides is 2. The normalized spacial score (nSPS) is 11.9. The zero-order chi connectivity index (χ0) is 32.2. The number of benzene rings is 4. The van der Waals surface area contributed by atoms with Crippen LogP contribution in [0.1, 0.15) is 31.4 Å². The third kappa shape index (κ3) is 10.2. The molecule has 10 heteroatoms. The lowest BCUT2D eigenvalue weighted by Gasteiger charge is -2.31. The highest BCUT2D eigenvalue weighted by molar-refractivity contribution is 7.92. The smallest absolute Gasteiger partial charge is 0.261 e. The first kappa shape index (κ1) is 33.2. The Labute approximate surface area is 264 Å². The van der Waals surface area contributed by atoms with Crippen LogP contribution in [0.5, 0.6) is 5.75 Å². The second-order valence-corrected chi connectivity index (χ2v) is 12.7. The van der Waals surface area contributed by atoms with Gasteiger partial charge < -0.3 is 15.0 Å². The van der Waals surface area contributed by atoms with E-state index in [4.69, 9.17) is 4.74 Å². The Bertz CT molecular complexity index is 1630. The lowest BCUT2D eigenvalue weighted by molar-refractivity contribution is -0.142. The van der Waals surface area contributed by atoms with Gasteiger partial charge in [-0.25, -0.2) is 12.8 Å². The van der Waals surface area contributed by atoms with E-state index in [1.54, 1.807) is 4.90 Å². The molecule has 0 unspecified atom stereocenters. The van der Waals surface area contributed by atoms with Gasteiger partial charge in [0.15, 0.2) is 6.61 Å². The van der Waals surface area contributed by atoms with E-state index < -0.39 is 27.8 Å². The number of ether oxygens (including phenoxy) is 1. The Morgan fingerprint density at radius 2 is 1.42 bits per heavy atom. The van der Waals surface area contributed by atoms with Crippen LogP contribution in [0.3, 0.4) is 0 Å². The summed E-state index contributed by atoms with van der Waals surface area (Å²) in [5.41, 5.74) is 2.00. The van der Waals surface area contributed by atoms with Gasteiger partial charge in [-0.1, -0.05) is 74.5 Å². The maximum atomic E-state index is 13.8. The molecule has 8 nitrogen and oxygen atoms in total. The number of nitrogens with one attached hydrogen (secondary N) is 2. The molecule has 0 aliphatic heterocycles. The minimum Gasteiger partial charge on any atom is -0.484 e. The molecule has 0 aromatic heterocycles. The van der Waals surface area contributed by atoms with Crippen molar-refractivity contribution in [1.82, 2.24) is 10.2 Å². The van der Waals surface area contributed by atoms with E-state index in [2.05, 4.69) is 23.9 Å². The quantitative estimate of drug-likeness (QED) is 0.172. The first-order chi connectivity index (χ1) is 21.6. The van der Waals surface area contributed by atoms with Crippen LogP contribution in [0.2, 0.25) is 0 Å². The van der Waals surface area contributed by atoms with Crippen LogP contribution in [0.25, 0.3) is 0 Å². The van der Waals surface area contributed by atoms with E-state index in [9.17, 15) is 22.4 Å². The number of carbonyl (C=O) groups is 2. The SMILES string of the molecule is CC(C)CCNC(=O)[C@@H](Cc1ccccc1)N(Cc1ccccc1)C(=O)COc1ccc(S(=O)(=O)Nc2ccc(F)cc2)cc1. The maximum Gasteiger partial charge on any atom is 0.261 e. The number of anilines is 1. The lowest BCUT2D eigenvalue weighted by Crippen LogP contribution is -2.52. The van der Waals surface area contributed by atoms with Crippen LogP contribution in [-0.4, -0.2) is 44.3 Å². The van der Waals surface area contributed by atoms with Gasteiger partial charge in [0.1, 0.15) is 17.6 Å². The molecule has 0 spiro atoms. The van der Waals surface area contributed by atoms with E-state index in [1.807, 2.05) is 60.7 Å². The van der Waals surface area contributed by atoms with Crippen molar-refractivity contribution in [2.45, 2.75) is 44.2 Å². The molecular weight excluding hydrogens is 593 g/mol. The van der Waals surface area contributed by atoms with Gasteiger partial charge in [-0.15, -0.1) is 0 Å². The van der Waals surface area contributed by atoms with Crippen molar-refractivity contribution in [2.75, 3.05) is 17.9 Å². The van der Waals surface area contributed by atoms with Crippen molar-refractivity contribution in [3.8, 4) is 5.75 Å². The van der Waals surface area contributed by atoms with E-state index in [0.29, 0.717) is 18.9 Å². The summed E-state index contributed by atoms with van der Waals surface area (Å²) in [5, 5.41) is 3.01. The van der Waals surface area contributed by atoms with E-state index in [1.165, 1.54) is 36.4 Å². The molecule has 0 heterocycles. The number of hydrogen-bond donors (Lipinski definition) is 2. The molecule has 0 aliphatic carbocycles. The summed E-state index contributed by atoms with van der Waals surface area (Å²) < 4.78 is 47.0. The molecule has 4 aromatic rings. The summed E-state index contributed by atoms with van der Waals surface area (Å²) in [5.74, 6) is -0.423.